The highest BCUT2D eigenvalue weighted by Gasteiger charge is 2.31. The van der Waals surface area contributed by atoms with Crippen molar-refractivity contribution in [2.75, 3.05) is 11.9 Å². The van der Waals surface area contributed by atoms with E-state index in [1.54, 1.807) is 29.2 Å². The van der Waals surface area contributed by atoms with Crippen LogP contribution in [-0.2, 0) is 17.8 Å². The topological polar surface area (TPSA) is 71.8 Å². The molecule has 0 saturated carbocycles. The number of carbonyl (C=O) groups excluding carboxylic acids is 2. The minimum atomic E-state index is -0.503. The fraction of sp³-hybridized carbons (Fsp3) is 0.172. The van der Waals surface area contributed by atoms with E-state index in [0.29, 0.717) is 30.2 Å². The lowest BCUT2D eigenvalue weighted by Crippen LogP contribution is -2.39. The Morgan fingerprint density at radius 2 is 1.81 bits per heavy atom. The summed E-state index contributed by atoms with van der Waals surface area (Å²) < 4.78 is 38.5. The van der Waals surface area contributed by atoms with Gasteiger partial charge in [-0.1, -0.05) is 24.3 Å². The molecule has 0 saturated heterocycles. The first kappa shape index (κ1) is 24.2. The van der Waals surface area contributed by atoms with Crippen LogP contribution in [0.25, 0.3) is 0 Å². The van der Waals surface area contributed by atoms with Crippen LogP contribution < -0.4 is 10.1 Å². The Labute approximate surface area is 212 Å². The van der Waals surface area contributed by atoms with Crippen molar-refractivity contribution in [3.8, 4) is 5.75 Å². The van der Waals surface area contributed by atoms with Gasteiger partial charge in [0.25, 0.3) is 5.91 Å². The standard InChI is InChI=1S/C29H24F2N2O4/c1-18(34)33-14-13-19-7-10-24(16-26(19)28(33)20-5-8-21(30)9-6-20)36-17-25-11-12-27(37-25)29(35)32-23-4-2-3-22(31)15-23/h2-12,15-16,28H,13-14,17H2,1H3,(H,32,35). The van der Waals surface area contributed by atoms with Crippen LogP contribution in [0.1, 0.15) is 46.0 Å². The minimum absolute atomic E-state index is 0.0640. The summed E-state index contributed by atoms with van der Waals surface area (Å²) in [6, 6.07) is 20.3. The number of fused-ring (bicyclic) bond motifs is 1. The normalized spacial score (nSPS) is 14.7. The van der Waals surface area contributed by atoms with Crippen molar-refractivity contribution < 1.29 is 27.5 Å². The Hall–Kier alpha value is -4.46. The lowest BCUT2D eigenvalue weighted by molar-refractivity contribution is -0.130. The van der Waals surface area contributed by atoms with Crippen LogP contribution in [0, 0.1) is 11.6 Å². The van der Waals surface area contributed by atoms with Crippen LogP contribution >= 0.6 is 0 Å². The maximum Gasteiger partial charge on any atom is 0.291 e. The molecule has 0 aliphatic carbocycles. The fourth-order valence-corrected chi connectivity index (χ4v) is 4.52. The number of halogens is 2. The van der Waals surface area contributed by atoms with Crippen molar-refractivity contribution in [1.82, 2.24) is 4.90 Å². The highest BCUT2D eigenvalue weighted by Crippen LogP contribution is 2.37. The molecule has 1 N–H and O–H groups in total. The van der Waals surface area contributed by atoms with E-state index in [4.69, 9.17) is 9.15 Å². The summed E-state index contributed by atoms with van der Waals surface area (Å²) in [7, 11) is 0. The number of hydrogen-bond donors (Lipinski definition) is 1. The summed E-state index contributed by atoms with van der Waals surface area (Å²) in [4.78, 5) is 26.6. The van der Waals surface area contributed by atoms with Gasteiger partial charge >= 0.3 is 0 Å². The quantitative estimate of drug-likeness (QED) is 0.357. The van der Waals surface area contributed by atoms with Gasteiger partial charge in [-0.3, -0.25) is 9.59 Å². The van der Waals surface area contributed by atoms with Gasteiger partial charge in [0.2, 0.25) is 5.91 Å². The Balaban J connectivity index is 1.32. The monoisotopic (exact) mass is 502 g/mol. The van der Waals surface area contributed by atoms with Crippen LogP contribution in [-0.4, -0.2) is 23.3 Å². The van der Waals surface area contributed by atoms with E-state index >= 15 is 0 Å². The second-order valence-corrected chi connectivity index (χ2v) is 8.80. The summed E-state index contributed by atoms with van der Waals surface area (Å²) in [5, 5.41) is 2.59. The number of hydrogen-bond acceptors (Lipinski definition) is 4. The molecule has 8 heteroatoms. The van der Waals surface area contributed by atoms with Gasteiger partial charge in [-0.25, -0.2) is 8.78 Å². The second kappa shape index (κ2) is 10.3. The van der Waals surface area contributed by atoms with E-state index < -0.39 is 11.7 Å². The number of anilines is 1. The molecule has 1 aliphatic rings. The SMILES string of the molecule is CC(=O)N1CCc2ccc(OCc3ccc(C(=O)Nc4cccc(F)c4)o3)cc2C1c1ccc(F)cc1. The zero-order valence-corrected chi connectivity index (χ0v) is 20.0. The molecule has 2 amide bonds. The fourth-order valence-electron chi connectivity index (χ4n) is 4.52. The van der Waals surface area contributed by atoms with E-state index in [2.05, 4.69) is 5.32 Å². The molecule has 0 fully saturated rings. The van der Waals surface area contributed by atoms with Gasteiger partial charge < -0.3 is 19.4 Å². The molecule has 1 unspecified atom stereocenters. The average molecular weight is 503 g/mol. The molecule has 2 heterocycles. The van der Waals surface area contributed by atoms with Gasteiger partial charge in [-0.05, 0) is 77.7 Å². The smallest absolute Gasteiger partial charge is 0.291 e. The highest BCUT2D eigenvalue weighted by atomic mass is 19.1. The molecule has 0 radical (unpaired) electrons. The lowest BCUT2D eigenvalue weighted by atomic mass is 9.88. The first-order chi connectivity index (χ1) is 17.9. The molecule has 1 atom stereocenters. The van der Waals surface area contributed by atoms with Crippen molar-refractivity contribution in [3.63, 3.8) is 0 Å². The molecule has 1 aliphatic heterocycles. The van der Waals surface area contributed by atoms with Crippen LogP contribution in [0.2, 0.25) is 0 Å². The molecular weight excluding hydrogens is 478 g/mol. The number of ether oxygens (including phenoxy) is 1. The Bertz CT molecular complexity index is 1450. The molecule has 0 bridgehead atoms. The molecule has 37 heavy (non-hydrogen) atoms. The van der Waals surface area contributed by atoms with Crippen LogP contribution in [0.3, 0.4) is 0 Å². The number of carbonyl (C=O) groups is 2. The Morgan fingerprint density at radius 1 is 1.00 bits per heavy atom. The molecule has 3 aromatic carbocycles. The van der Waals surface area contributed by atoms with E-state index in [1.807, 2.05) is 18.2 Å². The van der Waals surface area contributed by atoms with Gasteiger partial charge in [-0.15, -0.1) is 0 Å². The van der Waals surface area contributed by atoms with E-state index in [-0.39, 0.29) is 30.1 Å². The molecular formula is C29H24F2N2O4. The molecule has 4 aromatic rings. The van der Waals surface area contributed by atoms with E-state index in [0.717, 1.165) is 16.7 Å². The third-order valence-corrected chi connectivity index (χ3v) is 6.28. The molecule has 5 rings (SSSR count). The summed E-state index contributed by atoms with van der Waals surface area (Å²) in [6.07, 6.45) is 0.703. The van der Waals surface area contributed by atoms with Gasteiger partial charge in [0.15, 0.2) is 5.76 Å². The van der Waals surface area contributed by atoms with E-state index in [9.17, 15) is 18.4 Å². The average Bonchev–Trinajstić information content (AvgIpc) is 3.36. The predicted octanol–water partition coefficient (Wildman–Crippen LogP) is 5.88. The number of benzene rings is 3. The number of amides is 2. The molecule has 6 nitrogen and oxygen atoms in total. The summed E-state index contributed by atoms with van der Waals surface area (Å²) in [6.45, 7) is 2.17. The summed E-state index contributed by atoms with van der Waals surface area (Å²) in [5.41, 5.74) is 3.15. The zero-order chi connectivity index (χ0) is 25.9. The van der Waals surface area contributed by atoms with Gasteiger partial charge in [-0.2, -0.15) is 0 Å². The van der Waals surface area contributed by atoms with Crippen molar-refractivity contribution in [2.45, 2.75) is 26.0 Å². The first-order valence-corrected chi connectivity index (χ1v) is 11.8. The van der Waals surface area contributed by atoms with Crippen LogP contribution in [0.15, 0.2) is 83.3 Å². The first-order valence-electron chi connectivity index (χ1n) is 11.8. The van der Waals surface area contributed by atoms with Gasteiger partial charge in [0.1, 0.15) is 29.8 Å². The van der Waals surface area contributed by atoms with Gasteiger partial charge in [0, 0.05) is 19.2 Å². The molecule has 0 spiro atoms. The van der Waals surface area contributed by atoms with Crippen molar-refractivity contribution in [2.24, 2.45) is 0 Å². The van der Waals surface area contributed by atoms with Crippen molar-refractivity contribution in [1.29, 1.82) is 0 Å². The largest absolute Gasteiger partial charge is 0.486 e. The summed E-state index contributed by atoms with van der Waals surface area (Å²) in [5.74, 6) is -0.288. The van der Waals surface area contributed by atoms with E-state index in [1.165, 1.54) is 43.3 Å². The second-order valence-electron chi connectivity index (χ2n) is 8.80. The molecule has 188 valence electrons. The zero-order valence-electron chi connectivity index (χ0n) is 20.0. The maximum absolute atomic E-state index is 13.6. The number of rotatable bonds is 6. The third kappa shape index (κ3) is 5.38. The van der Waals surface area contributed by atoms with Crippen molar-refractivity contribution >= 4 is 17.5 Å². The third-order valence-electron chi connectivity index (χ3n) is 6.28. The maximum atomic E-state index is 13.6. The van der Waals surface area contributed by atoms with Crippen molar-refractivity contribution in [3.05, 3.63) is 119 Å². The molecule has 1 aromatic heterocycles. The predicted molar refractivity (Wildman–Crippen MR) is 133 cm³/mol. The van der Waals surface area contributed by atoms with Crippen LogP contribution in [0.4, 0.5) is 14.5 Å². The highest BCUT2D eigenvalue weighted by molar-refractivity contribution is 6.02. The minimum Gasteiger partial charge on any atom is -0.486 e. The number of nitrogens with one attached hydrogen (secondary N) is 1. The van der Waals surface area contributed by atoms with Crippen LogP contribution in [0.5, 0.6) is 5.75 Å². The summed E-state index contributed by atoms with van der Waals surface area (Å²) >= 11 is 0. The number of furan rings is 1. The Morgan fingerprint density at radius 3 is 2.57 bits per heavy atom. The lowest BCUT2D eigenvalue weighted by Gasteiger charge is -2.37. The number of nitrogens with zero attached hydrogens (tertiary/aromatic N) is 1. The van der Waals surface area contributed by atoms with Gasteiger partial charge in [0.05, 0.1) is 6.04 Å². The Kier molecular flexibility index (Phi) is 6.72.